The third kappa shape index (κ3) is 4.08. The molecule has 0 aliphatic heterocycles. The lowest BCUT2D eigenvalue weighted by Gasteiger charge is -2.10. The molecule has 0 amide bonds. The molecule has 0 bridgehead atoms. The first kappa shape index (κ1) is 18.0. The quantitative estimate of drug-likeness (QED) is 0.352. The average molecular weight is 426 g/mol. The highest BCUT2D eigenvalue weighted by molar-refractivity contribution is 9.08. The Bertz CT molecular complexity index is 884. The lowest BCUT2D eigenvalue weighted by molar-refractivity contribution is 0.137. The molecule has 3 aromatic heterocycles. The molecule has 0 saturated carbocycles. The van der Waals surface area contributed by atoms with E-state index in [4.69, 9.17) is 16.3 Å². The molecular formula is C16H18BrClN6O. The van der Waals surface area contributed by atoms with E-state index in [1.165, 1.54) is 0 Å². The number of hydrogen-bond donors (Lipinski definition) is 1. The second-order valence-electron chi connectivity index (χ2n) is 5.38. The first-order valence-electron chi connectivity index (χ1n) is 7.88. The van der Waals surface area contributed by atoms with Crippen molar-refractivity contribution in [2.45, 2.75) is 25.7 Å². The number of fused-ring (bicyclic) bond motifs is 1. The zero-order chi connectivity index (χ0) is 17.8. The lowest BCUT2D eigenvalue weighted by Crippen LogP contribution is -2.09. The number of nitrogens with one attached hydrogen (secondary N) is 1. The van der Waals surface area contributed by atoms with E-state index in [1.54, 1.807) is 6.20 Å². The fourth-order valence-electron chi connectivity index (χ4n) is 2.48. The summed E-state index contributed by atoms with van der Waals surface area (Å²) in [5, 5.41) is 8.57. The topological polar surface area (TPSA) is 77.8 Å². The van der Waals surface area contributed by atoms with Gasteiger partial charge in [0.15, 0.2) is 5.82 Å². The van der Waals surface area contributed by atoms with E-state index in [1.807, 2.05) is 30.7 Å². The monoisotopic (exact) mass is 424 g/mol. The molecule has 0 spiro atoms. The molecule has 0 unspecified atom stereocenters. The number of halogens is 2. The van der Waals surface area contributed by atoms with Crippen molar-refractivity contribution in [3.8, 4) is 0 Å². The summed E-state index contributed by atoms with van der Waals surface area (Å²) < 4.78 is 7.30. The largest absolute Gasteiger partial charge is 0.380 e. The van der Waals surface area contributed by atoms with E-state index in [-0.39, 0.29) is 5.28 Å². The highest BCUT2D eigenvalue weighted by Gasteiger charge is 2.18. The molecule has 3 aromatic rings. The van der Waals surface area contributed by atoms with Crippen molar-refractivity contribution in [3.05, 3.63) is 34.9 Å². The van der Waals surface area contributed by atoms with Crippen molar-refractivity contribution in [1.82, 2.24) is 24.7 Å². The Hall–Kier alpha value is -1.77. The minimum Gasteiger partial charge on any atom is -0.380 e. The maximum atomic E-state index is 6.13. The van der Waals surface area contributed by atoms with Gasteiger partial charge in [-0.1, -0.05) is 15.9 Å². The normalized spacial score (nSPS) is 11.2. The number of alkyl halides is 1. The molecule has 3 heterocycles. The maximum absolute atomic E-state index is 6.13. The van der Waals surface area contributed by atoms with Crippen molar-refractivity contribution in [1.29, 1.82) is 0 Å². The highest BCUT2D eigenvalue weighted by Crippen LogP contribution is 2.28. The smallest absolute Gasteiger partial charge is 0.225 e. The number of aryl methyl sites for hydroxylation is 1. The molecule has 0 aliphatic carbocycles. The van der Waals surface area contributed by atoms with Gasteiger partial charge in [-0.25, -0.2) is 9.97 Å². The van der Waals surface area contributed by atoms with Crippen molar-refractivity contribution >= 4 is 50.2 Å². The van der Waals surface area contributed by atoms with Gasteiger partial charge in [-0.3, -0.25) is 4.68 Å². The third-order valence-corrected chi connectivity index (χ3v) is 4.27. The Kier molecular flexibility index (Phi) is 5.82. The Morgan fingerprint density at radius 1 is 1.36 bits per heavy atom. The van der Waals surface area contributed by atoms with Gasteiger partial charge in [0, 0.05) is 18.1 Å². The first-order chi connectivity index (χ1) is 12.1. The number of aromatic nitrogens is 5. The van der Waals surface area contributed by atoms with E-state index in [9.17, 15) is 0 Å². The van der Waals surface area contributed by atoms with Crippen molar-refractivity contribution in [2.75, 3.05) is 18.5 Å². The first-order valence-corrected chi connectivity index (χ1v) is 9.38. The Morgan fingerprint density at radius 3 is 2.92 bits per heavy atom. The van der Waals surface area contributed by atoms with E-state index >= 15 is 0 Å². The van der Waals surface area contributed by atoms with Gasteiger partial charge in [0.25, 0.3) is 0 Å². The fraction of sp³-hybridized carbons (Fsp3) is 0.375. The molecule has 7 nitrogen and oxygen atoms in total. The number of anilines is 2. The number of rotatable bonds is 7. The second kappa shape index (κ2) is 8.07. The minimum absolute atomic E-state index is 0.161. The summed E-state index contributed by atoms with van der Waals surface area (Å²) in [5.74, 6) is 1.26. The predicted octanol–water partition coefficient (Wildman–Crippen LogP) is 3.86. The molecule has 0 aliphatic rings. The van der Waals surface area contributed by atoms with Crippen LogP contribution in [-0.4, -0.2) is 37.9 Å². The fourth-order valence-corrected chi connectivity index (χ4v) is 3.02. The molecular weight excluding hydrogens is 408 g/mol. The molecule has 132 valence electrons. The standard InChI is InChI=1S/C16H18BrClN6O/c1-3-25-7-6-24-14-13(11(9-17)23-24)21-16(18)22-15(14)20-12-8-10(2)4-5-19-12/h4-5,8H,3,6-7,9H2,1-2H3,(H,19,20,21,22). The number of nitrogens with zero attached hydrogens (tertiary/aromatic N) is 5. The van der Waals surface area contributed by atoms with Gasteiger partial charge < -0.3 is 10.1 Å². The minimum atomic E-state index is 0.161. The lowest BCUT2D eigenvalue weighted by atomic mass is 10.3. The van der Waals surface area contributed by atoms with E-state index in [2.05, 4.69) is 41.3 Å². The molecule has 0 fully saturated rings. The van der Waals surface area contributed by atoms with Crippen LogP contribution in [0.25, 0.3) is 11.0 Å². The van der Waals surface area contributed by atoms with Crippen LogP contribution in [0.2, 0.25) is 5.28 Å². The summed E-state index contributed by atoms with van der Waals surface area (Å²) >= 11 is 9.58. The van der Waals surface area contributed by atoms with Crippen LogP contribution >= 0.6 is 27.5 Å². The highest BCUT2D eigenvalue weighted by atomic mass is 79.9. The summed E-state index contributed by atoms with van der Waals surface area (Å²) in [6, 6.07) is 3.87. The van der Waals surface area contributed by atoms with Crippen molar-refractivity contribution in [3.63, 3.8) is 0 Å². The molecule has 9 heteroatoms. The van der Waals surface area contributed by atoms with Crippen LogP contribution in [-0.2, 0) is 16.6 Å². The Labute approximate surface area is 158 Å². The number of hydrogen-bond acceptors (Lipinski definition) is 6. The van der Waals surface area contributed by atoms with Gasteiger partial charge in [-0.05, 0) is 43.1 Å². The summed E-state index contributed by atoms with van der Waals surface area (Å²) in [6.45, 7) is 5.78. The van der Waals surface area contributed by atoms with Crippen LogP contribution in [0.5, 0.6) is 0 Å². The van der Waals surface area contributed by atoms with Crippen LogP contribution < -0.4 is 5.32 Å². The van der Waals surface area contributed by atoms with Crippen LogP contribution in [0.3, 0.4) is 0 Å². The van der Waals surface area contributed by atoms with Gasteiger partial charge in [-0.15, -0.1) is 0 Å². The summed E-state index contributed by atoms with van der Waals surface area (Å²) in [6.07, 6.45) is 1.74. The maximum Gasteiger partial charge on any atom is 0.225 e. The molecule has 0 radical (unpaired) electrons. The molecule has 25 heavy (non-hydrogen) atoms. The summed E-state index contributed by atoms with van der Waals surface area (Å²) in [7, 11) is 0. The van der Waals surface area contributed by atoms with Crippen LogP contribution in [0.1, 0.15) is 18.2 Å². The number of pyridine rings is 1. The van der Waals surface area contributed by atoms with Crippen molar-refractivity contribution in [2.24, 2.45) is 0 Å². The van der Waals surface area contributed by atoms with Gasteiger partial charge in [0.1, 0.15) is 16.9 Å². The van der Waals surface area contributed by atoms with Gasteiger partial charge in [0.05, 0.1) is 18.8 Å². The van der Waals surface area contributed by atoms with Gasteiger partial charge >= 0.3 is 0 Å². The third-order valence-electron chi connectivity index (χ3n) is 3.57. The molecule has 0 aromatic carbocycles. The van der Waals surface area contributed by atoms with E-state index < -0.39 is 0 Å². The average Bonchev–Trinajstić information content (AvgIpc) is 2.93. The van der Waals surface area contributed by atoms with Gasteiger partial charge in [-0.2, -0.15) is 10.1 Å². The molecule has 3 rings (SSSR count). The molecule has 0 atom stereocenters. The van der Waals surface area contributed by atoms with Crippen LogP contribution in [0.4, 0.5) is 11.6 Å². The molecule has 1 N–H and O–H groups in total. The zero-order valence-electron chi connectivity index (χ0n) is 14.0. The van der Waals surface area contributed by atoms with E-state index in [0.29, 0.717) is 42.2 Å². The van der Waals surface area contributed by atoms with Crippen LogP contribution in [0, 0.1) is 6.92 Å². The van der Waals surface area contributed by atoms with Crippen LogP contribution in [0.15, 0.2) is 18.3 Å². The molecule has 0 saturated heterocycles. The van der Waals surface area contributed by atoms with Gasteiger partial charge in [0.2, 0.25) is 5.28 Å². The second-order valence-corrected chi connectivity index (χ2v) is 6.28. The summed E-state index contributed by atoms with van der Waals surface area (Å²) in [5.41, 5.74) is 3.39. The summed E-state index contributed by atoms with van der Waals surface area (Å²) in [4.78, 5) is 13.0. The zero-order valence-corrected chi connectivity index (χ0v) is 16.3. The SMILES string of the molecule is CCOCCn1nc(CBr)c2nc(Cl)nc(Nc3cc(C)ccn3)c21. The Morgan fingerprint density at radius 2 is 2.20 bits per heavy atom. The Balaban J connectivity index is 2.07. The van der Waals surface area contributed by atoms with E-state index in [0.717, 1.165) is 16.8 Å². The van der Waals surface area contributed by atoms with Crippen molar-refractivity contribution < 1.29 is 4.74 Å². The predicted molar refractivity (Wildman–Crippen MR) is 102 cm³/mol. The number of ether oxygens (including phenoxy) is 1.